The first-order chi connectivity index (χ1) is 14.1. The number of ether oxygens (including phenoxy) is 1. The molecule has 2 aromatic heterocycles. The van der Waals surface area contributed by atoms with E-state index in [0.717, 1.165) is 22.3 Å². The van der Waals surface area contributed by atoms with Crippen molar-refractivity contribution in [1.82, 2.24) is 15.1 Å². The molecule has 2 N–H and O–H groups in total. The summed E-state index contributed by atoms with van der Waals surface area (Å²) in [6.07, 6.45) is 0. The molecule has 1 atom stereocenters. The molecule has 2 heterocycles. The number of aryl methyl sites for hydroxylation is 1. The maximum atomic E-state index is 13.0. The molecule has 2 aromatic carbocycles. The minimum atomic E-state index is -0.514. The number of aromatic amines is 1. The van der Waals surface area contributed by atoms with Gasteiger partial charge in [0.2, 0.25) is 5.91 Å². The zero-order valence-corrected chi connectivity index (χ0v) is 16.8. The number of H-pyrrole nitrogens is 1. The molecule has 29 heavy (non-hydrogen) atoms. The van der Waals surface area contributed by atoms with E-state index in [-0.39, 0.29) is 5.91 Å². The summed E-state index contributed by atoms with van der Waals surface area (Å²) in [6.45, 7) is 4.31. The molecule has 0 saturated carbocycles. The molecule has 1 amide bonds. The van der Waals surface area contributed by atoms with E-state index in [1.54, 1.807) is 13.0 Å². The topological polar surface area (TPSA) is 93.0 Å². The molecule has 0 radical (unpaired) electrons. The van der Waals surface area contributed by atoms with Crippen LogP contribution < -0.4 is 10.1 Å². The molecule has 4 aromatic rings. The number of nitrogens with one attached hydrogen (secondary N) is 2. The van der Waals surface area contributed by atoms with Crippen LogP contribution in [0.3, 0.4) is 0 Å². The predicted molar refractivity (Wildman–Crippen MR) is 112 cm³/mol. The number of nitrogens with zero attached hydrogens (tertiary/aromatic N) is 2. The van der Waals surface area contributed by atoms with E-state index in [0.29, 0.717) is 23.3 Å². The Morgan fingerprint density at radius 2 is 2.07 bits per heavy atom. The highest BCUT2D eigenvalue weighted by Crippen LogP contribution is 2.36. The van der Waals surface area contributed by atoms with Crippen LogP contribution in [-0.2, 0) is 4.79 Å². The second kappa shape index (κ2) is 8.40. The third-order valence-corrected chi connectivity index (χ3v) is 5.33. The second-order valence-electron chi connectivity index (χ2n) is 6.37. The molecule has 0 fully saturated rings. The molecule has 8 heteroatoms. The second-order valence-corrected chi connectivity index (χ2v) is 7.47. The summed E-state index contributed by atoms with van der Waals surface area (Å²) in [5.41, 5.74) is 2.54. The van der Waals surface area contributed by atoms with E-state index < -0.39 is 5.25 Å². The highest BCUT2D eigenvalue weighted by molar-refractivity contribution is 8.00. The fraction of sp³-hybridized carbons (Fsp3) is 0.190. The van der Waals surface area contributed by atoms with E-state index in [1.807, 2.05) is 55.5 Å². The number of fused-ring (bicyclic) bond motifs is 1. The number of anilines is 1. The van der Waals surface area contributed by atoms with Gasteiger partial charge in [-0.3, -0.25) is 4.79 Å². The van der Waals surface area contributed by atoms with Gasteiger partial charge in [-0.15, -0.1) is 0 Å². The number of rotatable bonds is 7. The largest absolute Gasteiger partial charge is 0.494 e. The monoisotopic (exact) mass is 408 g/mol. The number of carbonyl (C=O) groups is 1. The van der Waals surface area contributed by atoms with Crippen LogP contribution in [0.2, 0.25) is 0 Å². The van der Waals surface area contributed by atoms with Crippen molar-refractivity contribution in [2.24, 2.45) is 0 Å². The number of amides is 1. The van der Waals surface area contributed by atoms with Crippen molar-refractivity contribution in [2.45, 2.75) is 24.3 Å². The fourth-order valence-electron chi connectivity index (χ4n) is 2.91. The fourth-order valence-corrected chi connectivity index (χ4v) is 3.91. The molecule has 0 aliphatic rings. The Balaban J connectivity index is 1.61. The van der Waals surface area contributed by atoms with Gasteiger partial charge in [0.15, 0.2) is 11.0 Å². The number of thioether (sulfide) groups is 1. The molecular weight excluding hydrogens is 388 g/mol. The lowest BCUT2D eigenvalue weighted by Crippen LogP contribution is -2.19. The smallest absolute Gasteiger partial charge is 0.243 e. The van der Waals surface area contributed by atoms with Gasteiger partial charge >= 0.3 is 0 Å². The summed E-state index contributed by atoms with van der Waals surface area (Å²) in [5, 5.41) is 6.80. The molecule has 0 spiro atoms. The number of carbonyl (C=O) groups excluding carboxylic acids is 1. The van der Waals surface area contributed by atoms with Gasteiger partial charge in [0.25, 0.3) is 0 Å². The van der Waals surface area contributed by atoms with E-state index in [2.05, 4.69) is 20.4 Å². The Morgan fingerprint density at radius 3 is 2.79 bits per heavy atom. The zero-order valence-electron chi connectivity index (χ0n) is 16.0. The lowest BCUT2D eigenvalue weighted by molar-refractivity contribution is -0.115. The van der Waals surface area contributed by atoms with Crippen LogP contribution in [0.5, 0.6) is 5.75 Å². The quantitative estimate of drug-likeness (QED) is 0.430. The van der Waals surface area contributed by atoms with Gasteiger partial charge in [0.05, 0.1) is 17.6 Å². The molecule has 0 aliphatic heterocycles. The van der Waals surface area contributed by atoms with Gasteiger partial charge in [0.1, 0.15) is 16.8 Å². The third-order valence-electron chi connectivity index (χ3n) is 4.19. The molecular formula is C21H20N4O3S. The Hall–Kier alpha value is -3.26. The van der Waals surface area contributed by atoms with Crippen LogP contribution in [0.1, 0.15) is 23.5 Å². The van der Waals surface area contributed by atoms with Crippen molar-refractivity contribution in [2.75, 3.05) is 11.9 Å². The number of hydrogen-bond acceptors (Lipinski definition) is 6. The summed E-state index contributed by atoms with van der Waals surface area (Å²) in [5.74, 6) is 1.59. The summed E-state index contributed by atoms with van der Waals surface area (Å²) < 4.78 is 10.6. The van der Waals surface area contributed by atoms with Crippen molar-refractivity contribution in [3.8, 4) is 5.75 Å². The van der Waals surface area contributed by atoms with Crippen LogP contribution in [-0.4, -0.2) is 27.6 Å². The average molecular weight is 408 g/mol. The van der Waals surface area contributed by atoms with Crippen LogP contribution in [0.25, 0.3) is 11.0 Å². The third kappa shape index (κ3) is 4.43. The normalized spacial score (nSPS) is 12.1. The predicted octanol–water partition coefficient (Wildman–Crippen LogP) is 4.73. The number of hydrogen-bond donors (Lipinski definition) is 2. The van der Waals surface area contributed by atoms with Gasteiger partial charge in [-0.1, -0.05) is 47.3 Å². The number of imidazole rings is 1. The first-order valence-corrected chi connectivity index (χ1v) is 10.1. The number of benzene rings is 2. The minimum absolute atomic E-state index is 0.204. The van der Waals surface area contributed by atoms with Gasteiger partial charge in [-0.05, 0) is 31.5 Å². The first kappa shape index (κ1) is 19.1. The molecule has 148 valence electrons. The van der Waals surface area contributed by atoms with Crippen molar-refractivity contribution in [3.63, 3.8) is 0 Å². The highest BCUT2D eigenvalue weighted by Gasteiger charge is 2.24. The first-order valence-electron chi connectivity index (χ1n) is 9.20. The van der Waals surface area contributed by atoms with Gasteiger partial charge in [-0.25, -0.2) is 4.98 Å². The van der Waals surface area contributed by atoms with Crippen LogP contribution in [0.15, 0.2) is 64.3 Å². The Labute approximate surface area is 171 Å². The van der Waals surface area contributed by atoms with Gasteiger partial charge in [-0.2, -0.15) is 0 Å². The lowest BCUT2D eigenvalue weighted by Gasteiger charge is -2.14. The maximum absolute atomic E-state index is 13.0. The molecule has 7 nitrogen and oxygen atoms in total. The Bertz CT molecular complexity index is 1120. The zero-order chi connectivity index (χ0) is 20.2. The van der Waals surface area contributed by atoms with Crippen LogP contribution >= 0.6 is 11.8 Å². The van der Waals surface area contributed by atoms with Gasteiger partial charge in [0, 0.05) is 12.1 Å². The molecule has 0 unspecified atom stereocenters. The minimum Gasteiger partial charge on any atom is -0.494 e. The molecule has 0 saturated heterocycles. The van der Waals surface area contributed by atoms with Crippen LogP contribution in [0, 0.1) is 6.92 Å². The van der Waals surface area contributed by atoms with Crippen LogP contribution in [0.4, 0.5) is 5.82 Å². The summed E-state index contributed by atoms with van der Waals surface area (Å²) in [6, 6.07) is 16.9. The standard InChI is InChI=1S/C21H20N4O3S/c1-3-27-15-9-10-16-17(12-15)23-21(22-16)29-19(14-7-5-4-6-8-14)20(26)24-18-11-13(2)28-25-18/h4-12,19H,3H2,1-2H3,(H,22,23)(H,24,25,26)/t19-/m0/s1. The maximum Gasteiger partial charge on any atom is 0.243 e. The lowest BCUT2D eigenvalue weighted by atomic mass is 10.1. The average Bonchev–Trinajstić information content (AvgIpc) is 3.32. The number of aromatic nitrogens is 3. The van der Waals surface area contributed by atoms with E-state index in [9.17, 15) is 4.79 Å². The molecule has 4 rings (SSSR count). The summed E-state index contributed by atoms with van der Waals surface area (Å²) in [7, 11) is 0. The van der Waals surface area contributed by atoms with E-state index in [4.69, 9.17) is 9.26 Å². The van der Waals surface area contributed by atoms with Crippen molar-refractivity contribution in [1.29, 1.82) is 0 Å². The van der Waals surface area contributed by atoms with Crippen molar-refractivity contribution < 1.29 is 14.1 Å². The van der Waals surface area contributed by atoms with Crippen molar-refractivity contribution >= 4 is 34.5 Å². The summed E-state index contributed by atoms with van der Waals surface area (Å²) in [4.78, 5) is 20.9. The molecule has 0 bridgehead atoms. The SMILES string of the molecule is CCOc1ccc2nc(S[C@H](C(=O)Nc3cc(C)on3)c3ccccc3)[nH]c2c1. The van der Waals surface area contributed by atoms with Crippen molar-refractivity contribution in [3.05, 3.63) is 65.9 Å². The summed E-state index contributed by atoms with van der Waals surface area (Å²) >= 11 is 1.34. The van der Waals surface area contributed by atoms with E-state index >= 15 is 0 Å². The highest BCUT2D eigenvalue weighted by atomic mass is 32.2. The molecule has 0 aliphatic carbocycles. The Morgan fingerprint density at radius 1 is 1.24 bits per heavy atom. The van der Waals surface area contributed by atoms with E-state index in [1.165, 1.54) is 11.8 Å². The van der Waals surface area contributed by atoms with Gasteiger partial charge < -0.3 is 19.6 Å². The Kier molecular flexibility index (Phi) is 5.53.